The fourth-order valence-electron chi connectivity index (χ4n) is 4.52. The number of rotatable bonds is 3. The van der Waals surface area contributed by atoms with Gasteiger partial charge in [0, 0.05) is 89.8 Å². The van der Waals surface area contributed by atoms with Crippen molar-refractivity contribution in [2.75, 3.05) is 0 Å². The summed E-state index contributed by atoms with van der Waals surface area (Å²) in [6.07, 6.45) is 12.4. The molecule has 0 aliphatic rings. The fourth-order valence-corrected chi connectivity index (χ4v) is 4.52. The van der Waals surface area contributed by atoms with Crippen LogP contribution in [-0.2, 0) is 14.1 Å². The Morgan fingerprint density at radius 3 is 2.17 bits per heavy atom. The van der Waals surface area contributed by atoms with Crippen LogP contribution >= 0.6 is 0 Å². The molecule has 0 bridgehead atoms. The smallest absolute Gasteiger partial charge is 0.0666 e. The van der Waals surface area contributed by atoms with Crippen molar-refractivity contribution in [2.24, 2.45) is 14.1 Å². The van der Waals surface area contributed by atoms with Crippen molar-refractivity contribution in [2.45, 2.75) is 0 Å². The zero-order chi connectivity index (χ0) is 20.2. The van der Waals surface area contributed by atoms with Gasteiger partial charge in [-0.25, -0.2) is 4.68 Å². The maximum atomic E-state index is 4.36. The number of aryl methyl sites for hydroxylation is 2. The van der Waals surface area contributed by atoms with Gasteiger partial charge in [-0.05, 0) is 24.3 Å². The van der Waals surface area contributed by atoms with Crippen LogP contribution in [-0.4, -0.2) is 23.9 Å². The maximum absolute atomic E-state index is 4.36. The number of hydrogen-bond donors (Lipinski definition) is 1. The summed E-state index contributed by atoms with van der Waals surface area (Å²) in [6, 6.07) is 17.0. The van der Waals surface area contributed by atoms with Crippen LogP contribution in [0.5, 0.6) is 0 Å². The van der Waals surface area contributed by atoms with Crippen LogP contribution in [0.2, 0.25) is 0 Å². The predicted molar refractivity (Wildman–Crippen MR) is 122 cm³/mol. The molecule has 5 nitrogen and oxygen atoms in total. The highest BCUT2D eigenvalue weighted by Crippen LogP contribution is 2.40. The maximum Gasteiger partial charge on any atom is 0.0666 e. The van der Waals surface area contributed by atoms with Crippen molar-refractivity contribution in [3.63, 3.8) is 0 Å². The molecular weight excluding hydrogens is 370 g/mol. The number of hydrogen-bond acceptors (Lipinski definition) is 1. The lowest BCUT2D eigenvalue weighted by atomic mass is 9.98. The van der Waals surface area contributed by atoms with Gasteiger partial charge in [0.2, 0.25) is 0 Å². The van der Waals surface area contributed by atoms with Crippen LogP contribution in [0.4, 0.5) is 0 Å². The van der Waals surface area contributed by atoms with Gasteiger partial charge in [-0.2, -0.15) is 5.10 Å². The second kappa shape index (κ2) is 6.26. The Balaban J connectivity index is 1.55. The van der Waals surface area contributed by atoms with Gasteiger partial charge in [-0.3, -0.25) is 0 Å². The lowest BCUT2D eigenvalue weighted by molar-refractivity contribution is 0.879. The second-order valence-corrected chi connectivity index (χ2v) is 7.76. The van der Waals surface area contributed by atoms with E-state index in [1.807, 2.05) is 16.9 Å². The van der Waals surface area contributed by atoms with E-state index in [0.717, 1.165) is 5.69 Å². The third kappa shape index (κ3) is 2.38. The van der Waals surface area contributed by atoms with Gasteiger partial charge in [-0.1, -0.05) is 24.3 Å². The Kier molecular flexibility index (Phi) is 3.53. The standard InChI is InChI=1S/C25H21N5/c1-28-15-22(18-6-3-4-7-24(18)28)20-13-26-14-21(20)23-16-29(2)25-12-17(8-9-19(23)25)30-11-5-10-27-30/h3-16,26H,1-2H3. The molecular formula is C25H21N5. The number of aromatic amines is 1. The van der Waals surface area contributed by atoms with E-state index in [1.54, 1.807) is 6.20 Å². The molecule has 0 saturated heterocycles. The van der Waals surface area contributed by atoms with E-state index in [0.29, 0.717) is 0 Å². The van der Waals surface area contributed by atoms with Gasteiger partial charge >= 0.3 is 0 Å². The largest absolute Gasteiger partial charge is 0.366 e. The highest BCUT2D eigenvalue weighted by atomic mass is 15.3. The molecule has 0 saturated carbocycles. The van der Waals surface area contributed by atoms with E-state index < -0.39 is 0 Å². The Morgan fingerprint density at radius 1 is 0.733 bits per heavy atom. The molecule has 0 radical (unpaired) electrons. The van der Waals surface area contributed by atoms with E-state index in [2.05, 4.69) is 101 Å². The monoisotopic (exact) mass is 391 g/mol. The minimum absolute atomic E-state index is 1.06. The molecule has 6 aromatic rings. The summed E-state index contributed by atoms with van der Waals surface area (Å²) < 4.78 is 6.28. The van der Waals surface area contributed by atoms with E-state index in [1.165, 1.54) is 44.1 Å². The minimum atomic E-state index is 1.06. The normalized spacial score (nSPS) is 11.7. The zero-order valence-electron chi connectivity index (χ0n) is 16.9. The lowest BCUT2D eigenvalue weighted by Gasteiger charge is -2.05. The molecule has 0 atom stereocenters. The summed E-state index contributed by atoms with van der Waals surface area (Å²) in [7, 11) is 4.20. The highest BCUT2D eigenvalue weighted by Gasteiger charge is 2.17. The molecule has 4 heterocycles. The topological polar surface area (TPSA) is 43.5 Å². The van der Waals surface area contributed by atoms with Gasteiger partial charge in [0.25, 0.3) is 0 Å². The van der Waals surface area contributed by atoms with Gasteiger partial charge in [0.1, 0.15) is 0 Å². The predicted octanol–water partition coefficient (Wildman–Crippen LogP) is 5.52. The van der Waals surface area contributed by atoms with Crippen molar-refractivity contribution < 1.29 is 0 Å². The third-order valence-corrected chi connectivity index (χ3v) is 5.97. The minimum Gasteiger partial charge on any atom is -0.366 e. The first kappa shape index (κ1) is 16.9. The van der Waals surface area contributed by atoms with Crippen molar-refractivity contribution in [1.29, 1.82) is 0 Å². The third-order valence-electron chi connectivity index (χ3n) is 5.97. The van der Waals surface area contributed by atoms with Crippen molar-refractivity contribution in [1.82, 2.24) is 23.9 Å². The van der Waals surface area contributed by atoms with Gasteiger partial charge in [0.15, 0.2) is 0 Å². The average molecular weight is 391 g/mol. The van der Waals surface area contributed by atoms with Gasteiger partial charge in [-0.15, -0.1) is 0 Å². The molecule has 0 amide bonds. The molecule has 0 aliphatic carbocycles. The fraction of sp³-hybridized carbons (Fsp3) is 0.0800. The van der Waals surface area contributed by atoms with Crippen LogP contribution in [0.25, 0.3) is 49.7 Å². The summed E-state index contributed by atoms with van der Waals surface area (Å²) in [6.45, 7) is 0. The number of nitrogens with zero attached hydrogens (tertiary/aromatic N) is 4. The second-order valence-electron chi connectivity index (χ2n) is 7.76. The molecule has 2 aromatic carbocycles. The first-order valence-corrected chi connectivity index (χ1v) is 10.0. The van der Waals surface area contributed by atoms with Crippen LogP contribution < -0.4 is 0 Å². The first-order chi connectivity index (χ1) is 14.7. The quantitative estimate of drug-likeness (QED) is 0.424. The summed E-state index contributed by atoms with van der Waals surface area (Å²) in [5.74, 6) is 0. The van der Waals surface area contributed by atoms with Crippen molar-refractivity contribution >= 4 is 21.8 Å². The molecule has 1 N–H and O–H groups in total. The summed E-state index contributed by atoms with van der Waals surface area (Å²) >= 11 is 0. The summed E-state index contributed by atoms with van der Waals surface area (Å²) in [5, 5.41) is 6.86. The molecule has 0 spiro atoms. The Hall–Kier alpha value is -3.99. The van der Waals surface area contributed by atoms with Crippen molar-refractivity contribution in [3.05, 3.63) is 85.7 Å². The van der Waals surface area contributed by atoms with E-state index in [9.17, 15) is 0 Å². The number of para-hydroxylation sites is 1. The van der Waals surface area contributed by atoms with Gasteiger partial charge in [0.05, 0.1) is 11.2 Å². The summed E-state index contributed by atoms with van der Waals surface area (Å²) in [5.41, 5.74) is 8.38. The highest BCUT2D eigenvalue weighted by molar-refractivity contribution is 6.05. The van der Waals surface area contributed by atoms with E-state index in [4.69, 9.17) is 0 Å². The van der Waals surface area contributed by atoms with Crippen LogP contribution in [0.1, 0.15) is 0 Å². The van der Waals surface area contributed by atoms with E-state index >= 15 is 0 Å². The SMILES string of the molecule is Cn1cc(-c2c[nH]cc2-c2cn(C)c3cc(-n4cccn4)ccc23)c2ccccc21. The van der Waals surface area contributed by atoms with Crippen LogP contribution in [0.15, 0.2) is 85.7 Å². The molecule has 30 heavy (non-hydrogen) atoms. The molecule has 146 valence electrons. The van der Waals surface area contributed by atoms with Gasteiger partial charge < -0.3 is 14.1 Å². The van der Waals surface area contributed by atoms with Crippen molar-refractivity contribution in [3.8, 4) is 27.9 Å². The zero-order valence-corrected chi connectivity index (χ0v) is 16.9. The molecule has 4 aromatic heterocycles. The number of nitrogens with one attached hydrogen (secondary N) is 1. The van der Waals surface area contributed by atoms with Crippen LogP contribution in [0, 0.1) is 0 Å². The molecule has 5 heteroatoms. The number of benzene rings is 2. The number of aromatic nitrogens is 5. The Morgan fingerprint density at radius 2 is 1.43 bits per heavy atom. The molecule has 6 rings (SSSR count). The molecule has 0 aliphatic heterocycles. The average Bonchev–Trinajstić information content (AvgIpc) is 3.55. The number of H-pyrrole nitrogens is 1. The Bertz CT molecular complexity index is 1510. The van der Waals surface area contributed by atoms with E-state index in [-0.39, 0.29) is 0 Å². The Labute approximate surface area is 173 Å². The summed E-state index contributed by atoms with van der Waals surface area (Å²) in [4.78, 5) is 3.34. The number of fused-ring (bicyclic) bond motifs is 2. The van der Waals surface area contributed by atoms with Crippen LogP contribution in [0.3, 0.4) is 0 Å². The first-order valence-electron chi connectivity index (χ1n) is 10.0. The lowest BCUT2D eigenvalue weighted by Crippen LogP contribution is -1.94. The molecule has 0 fully saturated rings. The molecule has 0 unspecified atom stereocenters.